The summed E-state index contributed by atoms with van der Waals surface area (Å²) >= 11 is 6.21. The number of hydrogen-bond donors (Lipinski definition) is 3. The number of nitrogens with two attached hydrogens (primary N) is 1. The first-order chi connectivity index (χ1) is 10.1. The number of hydrogen-bond acceptors (Lipinski definition) is 6. The van der Waals surface area contributed by atoms with Crippen LogP contribution in [0.15, 0.2) is 24.3 Å². The van der Waals surface area contributed by atoms with Crippen molar-refractivity contribution in [3.8, 4) is 0 Å². The van der Waals surface area contributed by atoms with E-state index in [-0.39, 0.29) is 0 Å². The second-order valence-electron chi connectivity index (χ2n) is 4.39. The number of nitrogens with zero attached hydrogens (tertiary/aromatic N) is 2. The van der Waals surface area contributed by atoms with Crippen molar-refractivity contribution in [2.75, 3.05) is 17.3 Å². The molecule has 0 aliphatic heterocycles. The van der Waals surface area contributed by atoms with Crippen LogP contribution in [0.25, 0.3) is 0 Å². The zero-order valence-corrected chi connectivity index (χ0v) is 12.7. The first-order valence-corrected chi connectivity index (χ1v) is 6.96. The molecule has 1 aromatic heterocycles. The number of rotatable bonds is 6. The van der Waals surface area contributed by atoms with Gasteiger partial charge in [-0.25, -0.2) is 15.8 Å². The van der Waals surface area contributed by atoms with E-state index in [1.165, 1.54) is 0 Å². The average molecular weight is 308 g/mol. The van der Waals surface area contributed by atoms with Crippen molar-refractivity contribution in [3.05, 3.63) is 40.7 Å². The maximum Gasteiger partial charge on any atom is 0.158 e. The molecule has 0 fully saturated rings. The maximum absolute atomic E-state index is 6.21. The van der Waals surface area contributed by atoms with Crippen LogP contribution in [0.3, 0.4) is 0 Å². The van der Waals surface area contributed by atoms with Gasteiger partial charge in [0.1, 0.15) is 18.2 Å². The number of hydrazine groups is 1. The van der Waals surface area contributed by atoms with Crippen molar-refractivity contribution < 1.29 is 4.74 Å². The van der Waals surface area contributed by atoms with Gasteiger partial charge in [0, 0.05) is 12.7 Å². The Bertz CT molecular complexity index is 600. The molecule has 112 valence electrons. The third kappa shape index (κ3) is 4.04. The number of ether oxygens (including phenoxy) is 1. The third-order valence-electron chi connectivity index (χ3n) is 2.83. The lowest BCUT2D eigenvalue weighted by molar-refractivity contribution is 0.128. The third-order valence-corrected chi connectivity index (χ3v) is 3.15. The van der Waals surface area contributed by atoms with E-state index < -0.39 is 0 Å². The van der Waals surface area contributed by atoms with Gasteiger partial charge in [-0.05, 0) is 25.5 Å². The molecule has 4 N–H and O–H groups in total. The highest BCUT2D eigenvalue weighted by molar-refractivity contribution is 6.33. The Balaban J connectivity index is 2.30. The van der Waals surface area contributed by atoms with Gasteiger partial charge in [-0.1, -0.05) is 23.7 Å². The number of nitrogen functional groups attached to an aromatic ring is 1. The maximum atomic E-state index is 6.21. The normalized spacial score (nSPS) is 10.5. The van der Waals surface area contributed by atoms with Crippen molar-refractivity contribution in [1.82, 2.24) is 9.97 Å². The molecule has 1 heterocycles. The largest absolute Gasteiger partial charge is 0.374 e. The zero-order chi connectivity index (χ0) is 15.2. The Labute approximate surface area is 128 Å². The van der Waals surface area contributed by atoms with E-state index in [9.17, 15) is 0 Å². The molecule has 1 aromatic carbocycles. The fourth-order valence-corrected chi connectivity index (χ4v) is 2.08. The molecular weight excluding hydrogens is 290 g/mol. The van der Waals surface area contributed by atoms with Gasteiger partial charge in [0.25, 0.3) is 0 Å². The van der Waals surface area contributed by atoms with Gasteiger partial charge in [-0.3, -0.25) is 0 Å². The van der Waals surface area contributed by atoms with E-state index >= 15 is 0 Å². The summed E-state index contributed by atoms with van der Waals surface area (Å²) in [4.78, 5) is 8.63. The van der Waals surface area contributed by atoms with Crippen molar-refractivity contribution in [1.29, 1.82) is 0 Å². The van der Waals surface area contributed by atoms with Gasteiger partial charge in [-0.2, -0.15) is 0 Å². The molecule has 0 saturated heterocycles. The molecule has 0 unspecified atom stereocenters. The Hall–Kier alpha value is -1.89. The standard InChI is InChI=1S/C14H18ClN5O/c1-3-21-8-13-17-11(7-12(18-13)20-16)19-14-9(2)5-4-6-10(14)15/h4-7H,3,8,16H2,1-2H3,(H2,17,18,19,20). The van der Waals surface area contributed by atoms with E-state index in [1.807, 2.05) is 32.0 Å². The second kappa shape index (κ2) is 7.21. The van der Waals surface area contributed by atoms with Crippen LogP contribution in [0.5, 0.6) is 0 Å². The highest BCUT2D eigenvalue weighted by Crippen LogP contribution is 2.28. The number of aromatic nitrogens is 2. The van der Waals surface area contributed by atoms with E-state index in [0.717, 1.165) is 11.3 Å². The summed E-state index contributed by atoms with van der Waals surface area (Å²) in [6.07, 6.45) is 0. The van der Waals surface area contributed by atoms with E-state index in [1.54, 1.807) is 6.07 Å². The topological polar surface area (TPSA) is 85.1 Å². The van der Waals surface area contributed by atoms with Gasteiger partial charge in [0.2, 0.25) is 0 Å². The van der Waals surface area contributed by atoms with Crippen molar-refractivity contribution in [3.63, 3.8) is 0 Å². The molecule has 7 heteroatoms. The predicted molar refractivity (Wildman–Crippen MR) is 84.6 cm³/mol. The lowest BCUT2D eigenvalue weighted by Crippen LogP contribution is -2.12. The molecular formula is C14H18ClN5O. The summed E-state index contributed by atoms with van der Waals surface area (Å²) in [6, 6.07) is 7.40. The van der Waals surface area contributed by atoms with Crippen molar-refractivity contribution in [2.45, 2.75) is 20.5 Å². The summed E-state index contributed by atoms with van der Waals surface area (Å²) in [5.41, 5.74) is 4.35. The molecule has 0 aliphatic rings. The minimum absolute atomic E-state index is 0.322. The molecule has 0 radical (unpaired) electrons. The number of benzene rings is 1. The van der Waals surface area contributed by atoms with Crippen LogP contribution in [0.4, 0.5) is 17.3 Å². The summed E-state index contributed by atoms with van der Waals surface area (Å²) < 4.78 is 5.32. The van der Waals surface area contributed by atoms with Gasteiger partial charge in [0.05, 0.1) is 10.7 Å². The lowest BCUT2D eigenvalue weighted by Gasteiger charge is -2.13. The average Bonchev–Trinajstić information content (AvgIpc) is 2.49. The molecule has 6 nitrogen and oxygen atoms in total. The fourth-order valence-electron chi connectivity index (χ4n) is 1.81. The molecule has 2 rings (SSSR count). The fraction of sp³-hybridized carbons (Fsp3) is 0.286. The molecule has 0 atom stereocenters. The van der Waals surface area contributed by atoms with Crippen molar-refractivity contribution >= 4 is 28.9 Å². The summed E-state index contributed by atoms with van der Waals surface area (Å²) in [7, 11) is 0. The van der Waals surface area contributed by atoms with Gasteiger partial charge < -0.3 is 15.5 Å². The van der Waals surface area contributed by atoms with Crippen LogP contribution in [0.2, 0.25) is 5.02 Å². The number of anilines is 3. The first-order valence-electron chi connectivity index (χ1n) is 6.58. The molecule has 0 spiro atoms. The highest BCUT2D eigenvalue weighted by atomic mass is 35.5. The van der Waals surface area contributed by atoms with Gasteiger partial charge in [0.15, 0.2) is 5.82 Å². The Kier molecular flexibility index (Phi) is 5.32. The van der Waals surface area contributed by atoms with Crippen LogP contribution in [-0.4, -0.2) is 16.6 Å². The first kappa shape index (κ1) is 15.5. The lowest BCUT2D eigenvalue weighted by atomic mass is 10.2. The van der Waals surface area contributed by atoms with Crippen LogP contribution >= 0.6 is 11.6 Å². The van der Waals surface area contributed by atoms with Crippen LogP contribution < -0.4 is 16.6 Å². The Morgan fingerprint density at radius 3 is 2.71 bits per heavy atom. The van der Waals surface area contributed by atoms with Crippen LogP contribution in [-0.2, 0) is 11.3 Å². The molecule has 21 heavy (non-hydrogen) atoms. The molecule has 0 aliphatic carbocycles. The minimum atomic E-state index is 0.322. The van der Waals surface area contributed by atoms with Crippen LogP contribution in [0.1, 0.15) is 18.3 Å². The molecule has 0 bridgehead atoms. The highest BCUT2D eigenvalue weighted by Gasteiger charge is 2.08. The smallest absolute Gasteiger partial charge is 0.158 e. The zero-order valence-electron chi connectivity index (χ0n) is 12.0. The summed E-state index contributed by atoms with van der Waals surface area (Å²) in [6.45, 7) is 4.80. The van der Waals surface area contributed by atoms with Gasteiger partial charge >= 0.3 is 0 Å². The molecule has 2 aromatic rings. The SMILES string of the molecule is CCOCc1nc(NN)cc(Nc2c(C)cccc2Cl)n1. The number of nitrogens with one attached hydrogen (secondary N) is 2. The van der Waals surface area contributed by atoms with Gasteiger partial charge in [-0.15, -0.1) is 0 Å². The second-order valence-corrected chi connectivity index (χ2v) is 4.80. The number of halogens is 1. The van der Waals surface area contributed by atoms with E-state index in [2.05, 4.69) is 20.7 Å². The summed E-state index contributed by atoms with van der Waals surface area (Å²) in [5.74, 6) is 7.08. The molecule has 0 amide bonds. The number of para-hydroxylation sites is 1. The van der Waals surface area contributed by atoms with Crippen molar-refractivity contribution in [2.24, 2.45) is 5.84 Å². The summed E-state index contributed by atoms with van der Waals surface area (Å²) in [5, 5.41) is 3.82. The van der Waals surface area contributed by atoms with Crippen LogP contribution in [0, 0.1) is 6.92 Å². The van der Waals surface area contributed by atoms with E-state index in [4.69, 9.17) is 22.2 Å². The Morgan fingerprint density at radius 2 is 2.05 bits per heavy atom. The van der Waals surface area contributed by atoms with E-state index in [0.29, 0.717) is 35.7 Å². The quantitative estimate of drug-likeness (QED) is 0.562. The minimum Gasteiger partial charge on any atom is -0.374 e. The monoisotopic (exact) mass is 307 g/mol. The predicted octanol–water partition coefficient (Wildman–Crippen LogP) is 3.00. The molecule has 0 saturated carbocycles. The Morgan fingerprint density at radius 1 is 1.29 bits per heavy atom. The number of aryl methyl sites for hydroxylation is 1.